The van der Waals surface area contributed by atoms with Crippen LogP contribution in [0.15, 0.2) is 11.1 Å². The van der Waals surface area contributed by atoms with Crippen LogP contribution in [-0.4, -0.2) is 22.2 Å². The van der Waals surface area contributed by atoms with Gasteiger partial charge in [0.05, 0.1) is 0 Å². The molecule has 0 radical (unpaired) electrons. The number of carboxylic acids is 2. The Hall–Kier alpha value is -1.32. The van der Waals surface area contributed by atoms with E-state index in [1.54, 1.807) is 0 Å². The van der Waals surface area contributed by atoms with Crippen molar-refractivity contribution in [3.8, 4) is 0 Å². The van der Waals surface area contributed by atoms with Crippen LogP contribution in [0.5, 0.6) is 0 Å². The van der Waals surface area contributed by atoms with Gasteiger partial charge in [0, 0.05) is 12.0 Å². The van der Waals surface area contributed by atoms with E-state index in [4.69, 9.17) is 10.2 Å². The van der Waals surface area contributed by atoms with Gasteiger partial charge in [-0.2, -0.15) is 0 Å². The fourth-order valence-electron chi connectivity index (χ4n) is 1.79. The Morgan fingerprint density at radius 2 is 1.93 bits per heavy atom. The Bertz CT molecular complexity index is 278. The van der Waals surface area contributed by atoms with Gasteiger partial charge < -0.3 is 10.2 Å². The lowest BCUT2D eigenvalue weighted by molar-refractivity contribution is -0.137. The summed E-state index contributed by atoms with van der Waals surface area (Å²) in [6.07, 6.45) is 3.63. The monoisotopic (exact) mass is 198 g/mol. The molecule has 0 saturated carbocycles. The number of hydrogen-bond donors (Lipinski definition) is 2. The quantitative estimate of drug-likeness (QED) is 0.706. The molecular formula is C10H14O4. The van der Waals surface area contributed by atoms with E-state index in [0.29, 0.717) is 24.8 Å². The molecule has 0 aliphatic heterocycles. The van der Waals surface area contributed by atoms with Crippen LogP contribution >= 0.6 is 0 Å². The van der Waals surface area contributed by atoms with Gasteiger partial charge in [-0.25, -0.2) is 4.79 Å². The third-order valence-electron chi connectivity index (χ3n) is 2.46. The van der Waals surface area contributed by atoms with Crippen LogP contribution in [0.4, 0.5) is 0 Å². The minimum absolute atomic E-state index is 0.121. The highest BCUT2D eigenvalue weighted by atomic mass is 16.4. The minimum atomic E-state index is -0.840. The molecule has 0 unspecified atom stereocenters. The second kappa shape index (κ2) is 4.79. The predicted octanol–water partition coefficient (Wildman–Crippen LogP) is 1.81. The molecule has 0 aromatic rings. The molecule has 2 N–H and O–H groups in total. The third kappa shape index (κ3) is 2.87. The Balaban J connectivity index is 2.46. The molecule has 0 heterocycles. The molecule has 1 rings (SSSR count). The van der Waals surface area contributed by atoms with Crippen LogP contribution in [0.2, 0.25) is 0 Å². The molecule has 0 fully saturated rings. The fraction of sp³-hybridized carbons (Fsp3) is 0.600. The first-order valence-corrected chi connectivity index (χ1v) is 4.77. The van der Waals surface area contributed by atoms with Crippen LogP contribution < -0.4 is 0 Å². The second-order valence-electron chi connectivity index (χ2n) is 3.49. The smallest absolute Gasteiger partial charge is 0.331 e. The normalized spacial score (nSPS) is 16.0. The summed E-state index contributed by atoms with van der Waals surface area (Å²) >= 11 is 0. The summed E-state index contributed by atoms with van der Waals surface area (Å²) in [5.41, 5.74) is 1.45. The van der Waals surface area contributed by atoms with E-state index in [1.807, 2.05) is 0 Å². The Kier molecular flexibility index (Phi) is 3.68. The second-order valence-corrected chi connectivity index (χ2v) is 3.49. The zero-order valence-corrected chi connectivity index (χ0v) is 7.95. The molecule has 0 amide bonds. The van der Waals surface area contributed by atoms with Gasteiger partial charge in [-0.15, -0.1) is 0 Å². The molecule has 1 aliphatic carbocycles. The van der Waals surface area contributed by atoms with Crippen molar-refractivity contribution >= 4 is 11.9 Å². The summed E-state index contributed by atoms with van der Waals surface area (Å²) in [6.45, 7) is 0. The fourth-order valence-corrected chi connectivity index (χ4v) is 1.79. The summed E-state index contributed by atoms with van der Waals surface area (Å²) in [5.74, 6) is -1.66. The summed E-state index contributed by atoms with van der Waals surface area (Å²) < 4.78 is 0. The zero-order valence-electron chi connectivity index (χ0n) is 7.95. The maximum absolute atomic E-state index is 10.7. The summed E-state index contributed by atoms with van der Waals surface area (Å²) in [6, 6.07) is 0. The first-order valence-electron chi connectivity index (χ1n) is 4.77. The van der Waals surface area contributed by atoms with Crippen LogP contribution in [0.1, 0.15) is 38.5 Å². The predicted molar refractivity (Wildman–Crippen MR) is 50.0 cm³/mol. The number of aliphatic carboxylic acids is 2. The highest BCUT2D eigenvalue weighted by Crippen LogP contribution is 2.29. The van der Waals surface area contributed by atoms with Gasteiger partial charge in [-0.1, -0.05) is 5.57 Å². The molecule has 78 valence electrons. The van der Waals surface area contributed by atoms with E-state index in [2.05, 4.69) is 0 Å². The first-order chi connectivity index (χ1) is 6.61. The van der Waals surface area contributed by atoms with Crippen molar-refractivity contribution < 1.29 is 19.8 Å². The highest BCUT2D eigenvalue weighted by molar-refractivity contribution is 5.88. The standard InChI is InChI=1S/C10H14O4/c11-9(12)6-2-4-7-3-1-5-8(7)10(13)14/h1-6H2,(H,11,12)(H,13,14). The van der Waals surface area contributed by atoms with E-state index in [1.165, 1.54) is 0 Å². The van der Waals surface area contributed by atoms with E-state index in [9.17, 15) is 9.59 Å². The van der Waals surface area contributed by atoms with Gasteiger partial charge in [0.25, 0.3) is 0 Å². The Morgan fingerprint density at radius 3 is 2.50 bits per heavy atom. The van der Waals surface area contributed by atoms with Crippen LogP contribution in [0.3, 0.4) is 0 Å². The third-order valence-corrected chi connectivity index (χ3v) is 2.46. The zero-order chi connectivity index (χ0) is 10.6. The first kappa shape index (κ1) is 10.8. The van der Waals surface area contributed by atoms with Crippen molar-refractivity contribution in [1.29, 1.82) is 0 Å². The minimum Gasteiger partial charge on any atom is -0.481 e. The summed E-state index contributed by atoms with van der Waals surface area (Å²) in [5, 5.41) is 17.2. The van der Waals surface area contributed by atoms with Crippen LogP contribution in [-0.2, 0) is 9.59 Å². The summed E-state index contributed by atoms with van der Waals surface area (Å²) in [4.78, 5) is 21.0. The van der Waals surface area contributed by atoms with Crippen LogP contribution in [0.25, 0.3) is 0 Å². The van der Waals surface area contributed by atoms with Crippen molar-refractivity contribution in [3.05, 3.63) is 11.1 Å². The van der Waals surface area contributed by atoms with Crippen molar-refractivity contribution in [3.63, 3.8) is 0 Å². The molecule has 0 saturated heterocycles. The van der Waals surface area contributed by atoms with Gasteiger partial charge in [-0.3, -0.25) is 4.79 Å². The van der Waals surface area contributed by atoms with E-state index < -0.39 is 11.9 Å². The topological polar surface area (TPSA) is 74.6 Å². The lowest BCUT2D eigenvalue weighted by Gasteiger charge is -2.02. The van der Waals surface area contributed by atoms with E-state index in [-0.39, 0.29) is 6.42 Å². The van der Waals surface area contributed by atoms with Crippen LogP contribution in [0, 0.1) is 0 Å². The van der Waals surface area contributed by atoms with Crippen molar-refractivity contribution in [1.82, 2.24) is 0 Å². The Labute approximate surface area is 82.2 Å². The number of hydrogen-bond acceptors (Lipinski definition) is 2. The molecule has 0 bridgehead atoms. The molecule has 4 nitrogen and oxygen atoms in total. The molecule has 0 atom stereocenters. The molecule has 0 spiro atoms. The molecule has 4 heteroatoms. The van der Waals surface area contributed by atoms with E-state index in [0.717, 1.165) is 18.4 Å². The molecule has 0 aromatic carbocycles. The lowest BCUT2D eigenvalue weighted by atomic mass is 10.0. The van der Waals surface area contributed by atoms with E-state index >= 15 is 0 Å². The number of allylic oxidation sites excluding steroid dienone is 1. The van der Waals surface area contributed by atoms with Gasteiger partial charge in [0.2, 0.25) is 0 Å². The number of carboxylic acid groups (broad SMARTS) is 2. The largest absolute Gasteiger partial charge is 0.481 e. The molecule has 1 aliphatic rings. The molecular weight excluding hydrogens is 184 g/mol. The van der Waals surface area contributed by atoms with Gasteiger partial charge >= 0.3 is 11.9 Å². The number of carbonyl (C=O) groups is 2. The van der Waals surface area contributed by atoms with Gasteiger partial charge in [-0.05, 0) is 32.1 Å². The molecule has 14 heavy (non-hydrogen) atoms. The average Bonchev–Trinajstić information content (AvgIpc) is 2.51. The maximum Gasteiger partial charge on any atom is 0.331 e. The number of rotatable bonds is 5. The average molecular weight is 198 g/mol. The molecule has 0 aromatic heterocycles. The van der Waals surface area contributed by atoms with Crippen molar-refractivity contribution in [2.45, 2.75) is 38.5 Å². The van der Waals surface area contributed by atoms with Crippen molar-refractivity contribution in [2.75, 3.05) is 0 Å². The highest BCUT2D eigenvalue weighted by Gasteiger charge is 2.19. The van der Waals surface area contributed by atoms with Crippen molar-refractivity contribution in [2.24, 2.45) is 0 Å². The Morgan fingerprint density at radius 1 is 1.21 bits per heavy atom. The maximum atomic E-state index is 10.7. The van der Waals surface area contributed by atoms with Gasteiger partial charge in [0.15, 0.2) is 0 Å². The van der Waals surface area contributed by atoms with Gasteiger partial charge in [0.1, 0.15) is 0 Å². The summed E-state index contributed by atoms with van der Waals surface area (Å²) in [7, 11) is 0. The lowest BCUT2D eigenvalue weighted by Crippen LogP contribution is -2.01. The SMILES string of the molecule is O=C(O)CCCC1=C(C(=O)O)CCC1.